The minimum atomic E-state index is -4.80. The number of benzene rings is 2. The van der Waals surface area contributed by atoms with E-state index < -0.39 is 12.2 Å². The summed E-state index contributed by atoms with van der Waals surface area (Å²) in [5.74, 6) is -0.720. The van der Waals surface area contributed by atoms with Crippen LogP contribution < -0.4 is 15.5 Å². The molecular formula is C25H17Cl2F4HsN6O-. The maximum absolute atomic E-state index is 14.7. The standard InChI is InChI=1S/C25H17Cl2F4N6O.Hs/c1-2-19(14-6-9-16(10-7-14)38-25(29,30)31)36-37-24-34-20(23-17(26)4-3-5-18(23)28)12-22(35-24)33-15-8-11-21(27)32-13-15;/h3-13H,1-2H2,(H2,33,34,35,37);/q-1;/b36-19+;. The molecule has 2 N–H and O–H groups in total. The van der Waals surface area contributed by atoms with Crippen LogP contribution in [0, 0.1) is 12.7 Å². The molecule has 2 aromatic carbocycles. The van der Waals surface area contributed by atoms with Crippen LogP contribution in [-0.2, 0) is 0 Å². The number of pyridine rings is 1. The van der Waals surface area contributed by atoms with Gasteiger partial charge in [0.25, 0.3) is 0 Å². The molecule has 0 radical (unpaired) electrons. The predicted molar refractivity (Wildman–Crippen MR) is 138 cm³/mol. The molecule has 0 saturated carbocycles. The van der Waals surface area contributed by atoms with E-state index in [0.717, 1.165) is 12.1 Å². The number of alkyl halides is 3. The van der Waals surface area contributed by atoms with Gasteiger partial charge in [-0.1, -0.05) is 29.3 Å². The van der Waals surface area contributed by atoms with Crippen molar-refractivity contribution < 1.29 is 22.3 Å². The van der Waals surface area contributed by atoms with Gasteiger partial charge in [0.05, 0.1) is 28.2 Å². The molecule has 0 fully saturated rings. The fraction of sp³-hybridized carbons (Fsp3) is 0.0800. The van der Waals surface area contributed by atoms with Gasteiger partial charge in [0.2, 0.25) is 5.95 Å². The zero-order chi connectivity index (χ0) is 27.3. The summed E-state index contributed by atoms with van der Waals surface area (Å²) in [6, 6.07) is 14.1. The molecule has 7 nitrogen and oxygen atoms in total. The van der Waals surface area contributed by atoms with Crippen molar-refractivity contribution in [3.8, 4) is 17.0 Å². The van der Waals surface area contributed by atoms with Gasteiger partial charge in [0.1, 0.15) is 22.5 Å². The van der Waals surface area contributed by atoms with Gasteiger partial charge in [-0.05, 0) is 54.1 Å². The Kier molecular flexibility index (Phi) is 8.84. The van der Waals surface area contributed by atoms with E-state index in [1.807, 2.05) is 0 Å². The molecule has 0 amide bonds. The van der Waals surface area contributed by atoms with E-state index >= 15 is 0 Å². The van der Waals surface area contributed by atoms with Crippen LogP contribution in [0.3, 0.4) is 0 Å². The van der Waals surface area contributed by atoms with Gasteiger partial charge in [-0.3, -0.25) is 0 Å². The van der Waals surface area contributed by atoms with Gasteiger partial charge < -0.3 is 17.0 Å². The minimum absolute atomic E-state index is 0. The first-order chi connectivity index (χ1) is 18.1. The molecule has 0 spiro atoms. The Bertz CT molecular complexity index is 1430. The maximum Gasteiger partial charge on any atom is 0.573 e. The number of hydrogen-bond acceptors (Lipinski definition) is 7. The summed E-state index contributed by atoms with van der Waals surface area (Å²) >= 11 is 12.1. The zero-order valence-electron chi connectivity index (χ0n) is 19.9. The number of rotatable bonds is 8. The number of anilines is 3. The summed E-state index contributed by atoms with van der Waals surface area (Å²) in [4.78, 5) is 12.7. The summed E-state index contributed by atoms with van der Waals surface area (Å²) in [7, 11) is 0. The largest absolute Gasteiger partial charge is 0.573 e. The molecule has 0 atom stereocenters. The fourth-order valence-corrected chi connectivity index (χ4v) is 3.63. The van der Waals surface area contributed by atoms with Gasteiger partial charge in [-0.2, -0.15) is 10.1 Å². The molecule has 4 rings (SSSR count). The minimum Gasteiger partial charge on any atom is -0.406 e. The summed E-state index contributed by atoms with van der Waals surface area (Å²) in [6.07, 6.45) is -3.14. The van der Waals surface area contributed by atoms with Crippen LogP contribution in [0.25, 0.3) is 11.3 Å². The topological polar surface area (TPSA) is 84.3 Å². The molecule has 0 unspecified atom stereocenters. The van der Waals surface area contributed by atoms with Crippen LogP contribution in [0.4, 0.5) is 35.0 Å². The van der Waals surface area contributed by atoms with Gasteiger partial charge in [0, 0.05) is 11.8 Å². The third kappa shape index (κ3) is 7.53. The number of halogens is 6. The normalized spacial score (nSPS) is 11.5. The van der Waals surface area contributed by atoms with E-state index in [2.05, 4.69) is 42.5 Å². The predicted octanol–water partition coefficient (Wildman–Crippen LogP) is 7.67. The number of hydrogen-bond donors (Lipinski definition) is 2. The van der Waals surface area contributed by atoms with Gasteiger partial charge in [-0.15, -0.1) is 19.6 Å². The van der Waals surface area contributed by atoms with Crippen LogP contribution in [0.15, 0.2) is 72.0 Å². The summed E-state index contributed by atoms with van der Waals surface area (Å²) in [5.41, 5.74) is 4.34. The summed E-state index contributed by atoms with van der Waals surface area (Å²) in [5, 5.41) is 7.73. The average molecular weight is 833 g/mol. The smallest absolute Gasteiger partial charge is 0.406 e. The first-order valence-corrected chi connectivity index (χ1v) is 11.6. The van der Waals surface area contributed by atoms with Crippen LogP contribution >= 0.6 is 23.2 Å². The fourth-order valence-electron chi connectivity index (χ4n) is 3.26. The number of aromatic nitrogens is 3. The maximum atomic E-state index is 14.7. The molecule has 2 aromatic heterocycles. The number of nitrogens with one attached hydrogen (secondary N) is 2. The second-order valence-electron chi connectivity index (χ2n) is 7.55. The molecule has 2 heterocycles. The van der Waals surface area contributed by atoms with Crippen LogP contribution in [0.2, 0.25) is 10.2 Å². The molecule has 198 valence electrons. The van der Waals surface area contributed by atoms with Crippen LogP contribution in [-0.4, -0.2) is 27.0 Å². The molecule has 0 aliphatic carbocycles. The zero-order valence-corrected chi connectivity index (χ0v) is 28.0. The van der Waals surface area contributed by atoms with Crippen molar-refractivity contribution in [2.24, 2.45) is 5.10 Å². The van der Waals surface area contributed by atoms with Crippen molar-refractivity contribution >= 4 is 46.4 Å². The Morgan fingerprint density at radius 2 is 1.77 bits per heavy atom. The van der Waals surface area contributed by atoms with Crippen molar-refractivity contribution in [1.82, 2.24) is 15.0 Å². The Morgan fingerprint density at radius 1 is 1.03 bits per heavy atom. The van der Waals surface area contributed by atoms with Gasteiger partial charge in [-0.25, -0.2) is 19.8 Å². The van der Waals surface area contributed by atoms with Crippen LogP contribution in [0.5, 0.6) is 5.75 Å². The third-order valence-corrected chi connectivity index (χ3v) is 5.43. The molecule has 39 heavy (non-hydrogen) atoms. The quantitative estimate of drug-likeness (QED) is 0.0624. The second-order valence-corrected chi connectivity index (χ2v) is 8.34. The van der Waals surface area contributed by atoms with E-state index in [-0.39, 0.29) is 40.2 Å². The molecular weight excluding hydrogens is 816 g/mol. The van der Waals surface area contributed by atoms with E-state index in [1.54, 1.807) is 12.1 Å². The van der Waals surface area contributed by atoms with E-state index in [0.29, 0.717) is 22.1 Å². The first kappa shape index (κ1) is 28.6. The molecule has 0 aliphatic rings. The third-order valence-electron chi connectivity index (χ3n) is 4.89. The van der Waals surface area contributed by atoms with Crippen molar-refractivity contribution in [2.45, 2.75) is 12.8 Å². The monoisotopic (exact) mass is 832 g/mol. The Hall–Kier alpha value is -4.96. The van der Waals surface area contributed by atoms with Gasteiger partial charge in [0.15, 0.2) is 0 Å². The van der Waals surface area contributed by atoms with Gasteiger partial charge >= 0.3 is 6.36 Å². The Balaban J connectivity index is 0.00000420. The van der Waals surface area contributed by atoms with Crippen LogP contribution in [0.1, 0.15) is 12.0 Å². The summed E-state index contributed by atoms with van der Waals surface area (Å²) < 4.78 is 55.9. The number of hydrazone groups is 1. The Morgan fingerprint density at radius 3 is 2.38 bits per heavy atom. The Labute approximate surface area is 224 Å². The van der Waals surface area contributed by atoms with E-state index in [9.17, 15) is 17.6 Å². The SMILES string of the molecule is [CH2-]C/C(=N\Nc1nc(Nc2ccc(Cl)nc2)cc(-c2c(F)cccc2Cl)n1)c1ccc(OC(F)(F)F)cc1.[Hs]. The molecule has 0 saturated heterocycles. The van der Waals surface area contributed by atoms with Crippen molar-refractivity contribution in [3.63, 3.8) is 0 Å². The van der Waals surface area contributed by atoms with Crippen molar-refractivity contribution in [3.05, 3.63) is 95.3 Å². The number of nitrogens with zero attached hydrogens (tertiary/aromatic N) is 4. The molecule has 14 heteroatoms. The average Bonchev–Trinajstić information content (AvgIpc) is 2.86. The van der Waals surface area contributed by atoms with E-state index in [4.69, 9.17) is 23.2 Å². The van der Waals surface area contributed by atoms with Crippen molar-refractivity contribution in [2.75, 3.05) is 10.7 Å². The van der Waals surface area contributed by atoms with E-state index in [1.165, 1.54) is 42.6 Å². The number of ether oxygens (including phenoxy) is 1. The molecule has 0 aliphatic heterocycles. The summed E-state index contributed by atoms with van der Waals surface area (Å²) in [6.45, 7) is 3.81. The first-order valence-electron chi connectivity index (χ1n) is 10.8. The molecule has 0 bridgehead atoms. The molecule has 4 aromatic rings. The second kappa shape index (κ2) is 12.1. The van der Waals surface area contributed by atoms with Crippen molar-refractivity contribution in [1.29, 1.82) is 0 Å².